The molecule has 0 aromatic carbocycles. The van der Waals surface area contributed by atoms with Crippen LogP contribution < -0.4 is 10.6 Å². The van der Waals surface area contributed by atoms with Gasteiger partial charge in [0.25, 0.3) is 0 Å². The normalized spacial score (nSPS) is 15.3. The van der Waals surface area contributed by atoms with Gasteiger partial charge >= 0.3 is 5.69 Å². The molecule has 0 radical (unpaired) electrons. The highest BCUT2D eigenvalue weighted by Crippen LogP contribution is 2.23. The lowest BCUT2D eigenvalue weighted by atomic mass is 9.95. The SMILES string of the molecule is CCCc1cc(N2CCN(CCCCn3ccc(CC)nc3=O)CC2)nc(C(C)(C)C)n1. The van der Waals surface area contributed by atoms with Crippen molar-refractivity contribution in [2.75, 3.05) is 37.6 Å². The largest absolute Gasteiger partial charge is 0.354 e. The highest BCUT2D eigenvalue weighted by Gasteiger charge is 2.23. The molecule has 0 saturated carbocycles. The molecule has 32 heavy (non-hydrogen) atoms. The summed E-state index contributed by atoms with van der Waals surface area (Å²) in [7, 11) is 0. The van der Waals surface area contributed by atoms with Crippen molar-refractivity contribution >= 4 is 5.82 Å². The van der Waals surface area contributed by atoms with Crippen molar-refractivity contribution in [1.29, 1.82) is 0 Å². The van der Waals surface area contributed by atoms with Crippen LogP contribution in [-0.4, -0.2) is 57.1 Å². The molecular weight excluding hydrogens is 400 g/mol. The summed E-state index contributed by atoms with van der Waals surface area (Å²) in [6.07, 6.45) is 6.86. The molecule has 0 aliphatic carbocycles. The molecule has 0 atom stereocenters. The Balaban J connectivity index is 1.49. The minimum Gasteiger partial charge on any atom is -0.354 e. The van der Waals surface area contributed by atoms with Crippen LogP contribution in [0.5, 0.6) is 0 Å². The summed E-state index contributed by atoms with van der Waals surface area (Å²) in [5.41, 5.74) is 1.85. The Hall–Kier alpha value is -2.28. The van der Waals surface area contributed by atoms with Crippen LogP contribution in [0, 0.1) is 0 Å². The molecule has 0 N–H and O–H groups in total. The number of anilines is 1. The van der Waals surface area contributed by atoms with E-state index in [2.05, 4.69) is 48.5 Å². The predicted octanol–water partition coefficient (Wildman–Crippen LogP) is 3.45. The third-order valence-corrected chi connectivity index (χ3v) is 6.06. The van der Waals surface area contributed by atoms with Crippen LogP contribution in [0.1, 0.15) is 71.1 Å². The lowest BCUT2D eigenvalue weighted by Gasteiger charge is -2.36. The molecule has 0 bridgehead atoms. The van der Waals surface area contributed by atoms with Gasteiger partial charge in [-0.15, -0.1) is 0 Å². The van der Waals surface area contributed by atoms with Crippen LogP contribution in [0.25, 0.3) is 0 Å². The van der Waals surface area contributed by atoms with E-state index in [1.54, 1.807) is 4.57 Å². The number of hydrogen-bond acceptors (Lipinski definition) is 6. The van der Waals surface area contributed by atoms with Crippen LogP contribution in [0.2, 0.25) is 0 Å². The van der Waals surface area contributed by atoms with Crippen molar-refractivity contribution in [3.63, 3.8) is 0 Å². The van der Waals surface area contributed by atoms with E-state index in [0.717, 1.165) is 94.4 Å². The summed E-state index contributed by atoms with van der Waals surface area (Å²) in [5.74, 6) is 2.02. The standard InChI is InChI=1S/C25H40N6O/c1-6-10-21-19-22(28-23(26-21)25(3,4)5)30-17-15-29(16-18-30)12-8-9-13-31-14-11-20(7-2)27-24(31)32/h11,14,19H,6-10,12-13,15-18H2,1-5H3. The second kappa shape index (κ2) is 11.0. The van der Waals surface area contributed by atoms with E-state index >= 15 is 0 Å². The molecular formula is C25H40N6O. The fourth-order valence-corrected chi connectivity index (χ4v) is 4.01. The van der Waals surface area contributed by atoms with Crippen molar-refractivity contribution in [3.8, 4) is 0 Å². The Morgan fingerprint density at radius 1 is 0.938 bits per heavy atom. The Bertz CT molecular complexity index is 925. The maximum Gasteiger partial charge on any atom is 0.347 e. The first-order chi connectivity index (χ1) is 15.3. The highest BCUT2D eigenvalue weighted by atomic mass is 16.1. The number of aryl methyl sites for hydroxylation is 3. The van der Waals surface area contributed by atoms with Gasteiger partial charge < -0.3 is 4.90 Å². The molecule has 0 unspecified atom stereocenters. The van der Waals surface area contributed by atoms with Crippen molar-refractivity contribution in [1.82, 2.24) is 24.4 Å². The van der Waals surface area contributed by atoms with Crippen molar-refractivity contribution in [2.45, 2.75) is 78.7 Å². The van der Waals surface area contributed by atoms with E-state index in [4.69, 9.17) is 9.97 Å². The Labute approximate surface area is 192 Å². The molecule has 3 heterocycles. The average molecular weight is 441 g/mol. The lowest BCUT2D eigenvalue weighted by molar-refractivity contribution is 0.250. The monoisotopic (exact) mass is 440 g/mol. The molecule has 1 aliphatic rings. The van der Waals surface area contributed by atoms with Gasteiger partial charge in [-0.3, -0.25) is 9.47 Å². The van der Waals surface area contributed by atoms with Gasteiger partial charge in [0.1, 0.15) is 11.6 Å². The Morgan fingerprint density at radius 3 is 2.28 bits per heavy atom. The fourth-order valence-electron chi connectivity index (χ4n) is 4.01. The first-order valence-electron chi connectivity index (χ1n) is 12.2. The number of rotatable bonds is 9. The van der Waals surface area contributed by atoms with Gasteiger partial charge in [-0.25, -0.2) is 14.8 Å². The van der Waals surface area contributed by atoms with Crippen LogP contribution in [0.3, 0.4) is 0 Å². The Kier molecular flexibility index (Phi) is 8.40. The first kappa shape index (κ1) is 24.4. The predicted molar refractivity (Wildman–Crippen MR) is 130 cm³/mol. The second-order valence-electron chi connectivity index (χ2n) is 9.83. The van der Waals surface area contributed by atoms with E-state index < -0.39 is 0 Å². The average Bonchev–Trinajstić information content (AvgIpc) is 2.77. The smallest absolute Gasteiger partial charge is 0.347 e. The number of unbranched alkanes of at least 4 members (excludes halogenated alkanes) is 1. The third-order valence-electron chi connectivity index (χ3n) is 6.06. The van der Waals surface area contributed by atoms with Gasteiger partial charge in [-0.05, 0) is 38.3 Å². The molecule has 1 fully saturated rings. The molecule has 1 saturated heterocycles. The van der Waals surface area contributed by atoms with E-state index in [1.807, 2.05) is 19.2 Å². The van der Waals surface area contributed by atoms with Crippen molar-refractivity contribution in [3.05, 3.63) is 46.0 Å². The first-order valence-corrected chi connectivity index (χ1v) is 12.2. The van der Waals surface area contributed by atoms with Crippen molar-refractivity contribution in [2.24, 2.45) is 0 Å². The maximum atomic E-state index is 12.0. The summed E-state index contributed by atoms with van der Waals surface area (Å²) in [6.45, 7) is 16.7. The third kappa shape index (κ3) is 6.61. The topological polar surface area (TPSA) is 67.2 Å². The molecule has 2 aromatic heterocycles. The van der Waals surface area contributed by atoms with E-state index in [-0.39, 0.29) is 11.1 Å². The molecule has 7 nitrogen and oxygen atoms in total. The number of nitrogens with zero attached hydrogens (tertiary/aromatic N) is 6. The minimum atomic E-state index is -0.125. The van der Waals surface area contributed by atoms with E-state index in [1.165, 1.54) is 0 Å². The summed E-state index contributed by atoms with van der Waals surface area (Å²) >= 11 is 0. The maximum absolute atomic E-state index is 12.0. The number of hydrogen-bond donors (Lipinski definition) is 0. The van der Waals surface area contributed by atoms with E-state index in [9.17, 15) is 4.79 Å². The Morgan fingerprint density at radius 2 is 1.66 bits per heavy atom. The molecule has 0 spiro atoms. The van der Waals surface area contributed by atoms with Crippen LogP contribution >= 0.6 is 0 Å². The zero-order valence-electron chi connectivity index (χ0n) is 20.6. The zero-order valence-corrected chi connectivity index (χ0v) is 20.6. The van der Waals surface area contributed by atoms with Crippen LogP contribution in [0.4, 0.5) is 5.82 Å². The summed E-state index contributed by atoms with van der Waals surface area (Å²) in [6, 6.07) is 4.13. The summed E-state index contributed by atoms with van der Waals surface area (Å²) in [4.78, 5) is 30.8. The van der Waals surface area contributed by atoms with Gasteiger partial charge in [0.2, 0.25) is 0 Å². The van der Waals surface area contributed by atoms with Gasteiger partial charge in [0, 0.05) is 61.8 Å². The second-order valence-corrected chi connectivity index (χ2v) is 9.83. The summed E-state index contributed by atoms with van der Waals surface area (Å²) in [5, 5.41) is 0. The van der Waals surface area contributed by atoms with Gasteiger partial charge in [-0.2, -0.15) is 4.98 Å². The highest BCUT2D eigenvalue weighted by molar-refractivity contribution is 5.41. The quantitative estimate of drug-likeness (QED) is 0.557. The van der Waals surface area contributed by atoms with Crippen LogP contribution in [0.15, 0.2) is 23.1 Å². The molecule has 3 rings (SSSR count). The van der Waals surface area contributed by atoms with Crippen LogP contribution in [-0.2, 0) is 24.8 Å². The van der Waals surface area contributed by atoms with Gasteiger partial charge in [-0.1, -0.05) is 41.0 Å². The number of piperazine rings is 1. The molecule has 0 amide bonds. The van der Waals surface area contributed by atoms with Gasteiger partial charge in [0.15, 0.2) is 0 Å². The molecule has 176 valence electrons. The molecule has 7 heteroatoms. The molecule has 2 aromatic rings. The number of aromatic nitrogens is 4. The lowest BCUT2D eigenvalue weighted by Crippen LogP contribution is -2.47. The molecule has 1 aliphatic heterocycles. The zero-order chi connectivity index (χ0) is 23.1. The van der Waals surface area contributed by atoms with Crippen molar-refractivity contribution < 1.29 is 0 Å². The minimum absolute atomic E-state index is 0.0470. The van der Waals surface area contributed by atoms with E-state index in [0.29, 0.717) is 0 Å². The van der Waals surface area contributed by atoms with Gasteiger partial charge in [0.05, 0.1) is 0 Å². The summed E-state index contributed by atoms with van der Waals surface area (Å²) < 4.78 is 1.73. The fraction of sp³-hybridized carbons (Fsp3) is 0.680.